The Morgan fingerprint density at radius 2 is 2.14 bits per heavy atom. The smallest absolute Gasteiger partial charge is 0.224 e. The molecule has 6 heteroatoms. The van der Waals surface area contributed by atoms with Crippen molar-refractivity contribution in [2.24, 2.45) is 0 Å². The van der Waals surface area contributed by atoms with Gasteiger partial charge in [0.05, 0.1) is 13.0 Å². The number of aliphatic hydroxyl groups excluding tert-OH is 1. The molecular formula is C15H18N2O4. The van der Waals surface area contributed by atoms with Crippen molar-refractivity contribution in [2.75, 3.05) is 13.2 Å². The molecule has 1 heterocycles. The molecule has 0 fully saturated rings. The maximum Gasteiger partial charge on any atom is 0.224 e. The Balaban J connectivity index is 1.82. The summed E-state index contributed by atoms with van der Waals surface area (Å²) in [5.41, 5.74) is 1.62. The number of carbonyl (C=O) groups is 1. The summed E-state index contributed by atoms with van der Waals surface area (Å²) in [4.78, 5) is 11.5. The zero-order chi connectivity index (χ0) is 15.1. The average molecular weight is 290 g/mol. The van der Waals surface area contributed by atoms with Crippen LogP contribution in [0.5, 0.6) is 5.75 Å². The third-order valence-electron chi connectivity index (χ3n) is 2.79. The van der Waals surface area contributed by atoms with E-state index in [9.17, 15) is 4.79 Å². The number of aliphatic hydroxyl groups is 1. The number of nitrogens with one attached hydrogen (secondary N) is 1. The standard InChI is InChI=1S/C15H18N2O4/c1-11-8-13(17-21-11)10-20-14-4-2-12(3-5-14)9-15(19)16-6-7-18/h2-5,8,18H,6-7,9-10H2,1H3,(H,16,19). The monoisotopic (exact) mass is 290 g/mol. The third-order valence-corrected chi connectivity index (χ3v) is 2.79. The fourth-order valence-corrected chi connectivity index (χ4v) is 1.79. The number of hydrogen-bond donors (Lipinski definition) is 2. The van der Waals surface area contributed by atoms with Gasteiger partial charge in [-0.2, -0.15) is 0 Å². The first kappa shape index (κ1) is 15.1. The molecule has 0 aliphatic rings. The SMILES string of the molecule is Cc1cc(COc2ccc(CC(=O)NCCO)cc2)no1. The van der Waals surface area contributed by atoms with Gasteiger partial charge < -0.3 is 19.7 Å². The van der Waals surface area contributed by atoms with Gasteiger partial charge in [-0.1, -0.05) is 17.3 Å². The molecule has 1 aromatic carbocycles. The average Bonchev–Trinajstić information content (AvgIpc) is 2.90. The predicted molar refractivity (Wildman–Crippen MR) is 75.8 cm³/mol. The molecule has 0 spiro atoms. The minimum absolute atomic E-state index is 0.0555. The molecule has 0 bridgehead atoms. The molecule has 2 aromatic rings. The van der Waals surface area contributed by atoms with Gasteiger partial charge in [-0.3, -0.25) is 4.79 Å². The first-order valence-corrected chi connectivity index (χ1v) is 6.69. The number of hydrogen-bond acceptors (Lipinski definition) is 5. The van der Waals surface area contributed by atoms with Gasteiger partial charge in [0.2, 0.25) is 5.91 Å². The van der Waals surface area contributed by atoms with Crippen molar-refractivity contribution in [1.29, 1.82) is 0 Å². The second-order valence-corrected chi connectivity index (χ2v) is 4.61. The highest BCUT2D eigenvalue weighted by Crippen LogP contribution is 2.14. The summed E-state index contributed by atoms with van der Waals surface area (Å²) >= 11 is 0. The van der Waals surface area contributed by atoms with Crippen LogP contribution in [0.2, 0.25) is 0 Å². The van der Waals surface area contributed by atoms with Crippen molar-refractivity contribution in [1.82, 2.24) is 10.5 Å². The molecule has 0 saturated heterocycles. The summed E-state index contributed by atoms with van der Waals surface area (Å²) in [5.74, 6) is 1.34. The van der Waals surface area contributed by atoms with Crippen molar-refractivity contribution in [3.63, 3.8) is 0 Å². The normalized spacial score (nSPS) is 10.4. The van der Waals surface area contributed by atoms with Crippen LogP contribution in [0.1, 0.15) is 17.0 Å². The number of aryl methyl sites for hydroxylation is 1. The molecule has 0 radical (unpaired) electrons. The zero-order valence-electron chi connectivity index (χ0n) is 11.8. The van der Waals surface area contributed by atoms with Crippen molar-refractivity contribution in [3.8, 4) is 5.75 Å². The minimum Gasteiger partial charge on any atom is -0.487 e. The van der Waals surface area contributed by atoms with Crippen LogP contribution < -0.4 is 10.1 Å². The highest BCUT2D eigenvalue weighted by molar-refractivity contribution is 5.78. The molecule has 112 valence electrons. The van der Waals surface area contributed by atoms with Crippen LogP contribution in [0, 0.1) is 6.92 Å². The Bertz CT molecular complexity index is 578. The second-order valence-electron chi connectivity index (χ2n) is 4.61. The lowest BCUT2D eigenvalue weighted by Crippen LogP contribution is -2.27. The predicted octanol–water partition coefficient (Wildman–Crippen LogP) is 1.21. The van der Waals surface area contributed by atoms with Crippen LogP contribution in [0.3, 0.4) is 0 Å². The van der Waals surface area contributed by atoms with Crippen molar-refractivity contribution in [2.45, 2.75) is 20.0 Å². The first-order valence-electron chi connectivity index (χ1n) is 6.69. The fourth-order valence-electron chi connectivity index (χ4n) is 1.79. The molecule has 2 rings (SSSR count). The summed E-state index contributed by atoms with van der Waals surface area (Å²) in [6.45, 7) is 2.39. The van der Waals surface area contributed by atoms with E-state index in [1.54, 1.807) is 0 Å². The molecular weight excluding hydrogens is 272 g/mol. The van der Waals surface area contributed by atoms with Crippen LogP contribution in [0.4, 0.5) is 0 Å². The number of nitrogens with zero attached hydrogens (tertiary/aromatic N) is 1. The highest BCUT2D eigenvalue weighted by atomic mass is 16.5. The first-order chi connectivity index (χ1) is 10.2. The van der Waals surface area contributed by atoms with Gasteiger partial charge in [0.1, 0.15) is 23.8 Å². The number of aromatic nitrogens is 1. The molecule has 2 N–H and O–H groups in total. The highest BCUT2D eigenvalue weighted by Gasteiger charge is 2.04. The lowest BCUT2D eigenvalue weighted by Gasteiger charge is -2.06. The third kappa shape index (κ3) is 4.92. The van der Waals surface area contributed by atoms with E-state index in [2.05, 4.69) is 10.5 Å². The lowest BCUT2D eigenvalue weighted by atomic mass is 10.1. The van der Waals surface area contributed by atoms with E-state index in [0.29, 0.717) is 12.4 Å². The largest absolute Gasteiger partial charge is 0.487 e. The number of rotatable bonds is 7. The molecule has 6 nitrogen and oxygen atoms in total. The van der Waals surface area contributed by atoms with Gasteiger partial charge >= 0.3 is 0 Å². The van der Waals surface area contributed by atoms with Crippen LogP contribution in [-0.4, -0.2) is 29.3 Å². The summed E-state index contributed by atoms with van der Waals surface area (Å²) in [7, 11) is 0. The van der Waals surface area contributed by atoms with Gasteiger partial charge in [-0.25, -0.2) is 0 Å². The Labute approximate surface area is 122 Å². The van der Waals surface area contributed by atoms with E-state index < -0.39 is 0 Å². The molecule has 0 aliphatic carbocycles. The van der Waals surface area contributed by atoms with E-state index >= 15 is 0 Å². The van der Waals surface area contributed by atoms with Crippen molar-refractivity contribution >= 4 is 5.91 Å². The van der Waals surface area contributed by atoms with Crippen LogP contribution in [-0.2, 0) is 17.8 Å². The van der Waals surface area contributed by atoms with Crippen LogP contribution >= 0.6 is 0 Å². The molecule has 21 heavy (non-hydrogen) atoms. The summed E-state index contributed by atoms with van der Waals surface area (Å²) in [6, 6.07) is 9.10. The second kappa shape index (κ2) is 7.44. The van der Waals surface area contributed by atoms with Crippen molar-refractivity contribution in [3.05, 3.63) is 47.3 Å². The van der Waals surface area contributed by atoms with Crippen LogP contribution in [0.15, 0.2) is 34.9 Å². The summed E-state index contributed by atoms with van der Waals surface area (Å²) in [5, 5.41) is 15.1. The lowest BCUT2D eigenvalue weighted by molar-refractivity contribution is -0.120. The summed E-state index contributed by atoms with van der Waals surface area (Å²) < 4.78 is 10.5. The fraction of sp³-hybridized carbons (Fsp3) is 0.333. The van der Waals surface area contributed by atoms with E-state index in [1.165, 1.54) is 0 Å². The molecule has 0 aliphatic heterocycles. The van der Waals surface area contributed by atoms with Gasteiger partial charge in [0.25, 0.3) is 0 Å². The van der Waals surface area contributed by atoms with Crippen molar-refractivity contribution < 1.29 is 19.2 Å². The number of carbonyl (C=O) groups excluding carboxylic acids is 1. The zero-order valence-corrected chi connectivity index (χ0v) is 11.8. The molecule has 1 aromatic heterocycles. The van der Waals surface area contributed by atoms with E-state index in [0.717, 1.165) is 17.0 Å². The molecule has 0 unspecified atom stereocenters. The van der Waals surface area contributed by atoms with Gasteiger partial charge in [0, 0.05) is 12.6 Å². The number of amides is 1. The number of benzene rings is 1. The topological polar surface area (TPSA) is 84.6 Å². The Kier molecular flexibility index (Phi) is 5.34. The van der Waals surface area contributed by atoms with Gasteiger partial charge in [0.15, 0.2) is 0 Å². The number of ether oxygens (including phenoxy) is 1. The van der Waals surface area contributed by atoms with Gasteiger partial charge in [-0.05, 0) is 24.6 Å². The molecule has 0 saturated carbocycles. The quantitative estimate of drug-likeness (QED) is 0.800. The van der Waals surface area contributed by atoms with E-state index in [1.807, 2.05) is 37.3 Å². The van der Waals surface area contributed by atoms with E-state index in [-0.39, 0.29) is 25.5 Å². The van der Waals surface area contributed by atoms with E-state index in [4.69, 9.17) is 14.4 Å². The van der Waals surface area contributed by atoms with Gasteiger partial charge in [-0.15, -0.1) is 0 Å². The Morgan fingerprint density at radius 1 is 1.38 bits per heavy atom. The molecule has 1 amide bonds. The molecule has 0 atom stereocenters. The minimum atomic E-state index is -0.115. The summed E-state index contributed by atoms with van der Waals surface area (Å²) in [6.07, 6.45) is 0.281. The van der Waals surface area contributed by atoms with Crippen LogP contribution in [0.25, 0.3) is 0 Å². The maximum absolute atomic E-state index is 11.5. The maximum atomic E-state index is 11.5. The Hall–Kier alpha value is -2.34. The Morgan fingerprint density at radius 3 is 2.76 bits per heavy atom.